The average molecular weight is 587 g/mol. The van der Waals surface area contributed by atoms with Gasteiger partial charge in [0.2, 0.25) is 0 Å². The van der Waals surface area contributed by atoms with Crippen LogP contribution in [0.3, 0.4) is 0 Å². The van der Waals surface area contributed by atoms with Crippen LogP contribution in [0.25, 0.3) is 0 Å². The Labute approximate surface area is 259 Å². The smallest absolute Gasteiger partial charge is 0.152 e. The second-order valence-corrected chi connectivity index (χ2v) is 15.7. The molecule has 0 aliphatic carbocycles. The van der Waals surface area contributed by atoms with Gasteiger partial charge in [0, 0.05) is 0 Å². The van der Waals surface area contributed by atoms with Crippen LogP contribution >= 0.6 is 0 Å². The molecule has 0 aromatic heterocycles. The molecule has 41 heavy (non-hydrogen) atoms. The lowest BCUT2D eigenvalue weighted by atomic mass is 10.1. The maximum Gasteiger partial charge on any atom is 0.152 e. The minimum absolute atomic E-state index is 0.343. The van der Waals surface area contributed by atoms with E-state index in [-0.39, 0.29) is 12.2 Å². The summed E-state index contributed by atoms with van der Waals surface area (Å²) in [5.41, 5.74) is 0. The van der Waals surface area contributed by atoms with Gasteiger partial charge in [0.15, 0.2) is 12.2 Å². The van der Waals surface area contributed by atoms with Crippen molar-refractivity contribution < 1.29 is 23.7 Å². The predicted octanol–water partition coefficient (Wildman–Crippen LogP) is 7.78. The van der Waals surface area contributed by atoms with Gasteiger partial charge in [-0.2, -0.15) is 0 Å². The van der Waals surface area contributed by atoms with Gasteiger partial charge in [0.1, 0.15) is 26.2 Å². The highest BCUT2D eigenvalue weighted by molar-refractivity contribution is 4.59. The van der Waals surface area contributed by atoms with Crippen LogP contribution in [0.15, 0.2) is 0 Å². The molecule has 0 saturated heterocycles. The minimum Gasteiger partial charge on any atom is -0.382 e. The van der Waals surface area contributed by atoms with Gasteiger partial charge in [-0.15, -0.1) is 0 Å². The summed E-state index contributed by atoms with van der Waals surface area (Å²) in [6.07, 6.45) is 26.6. The number of nitrogens with zero attached hydrogens (tertiary/aromatic N) is 3. The van der Waals surface area contributed by atoms with E-state index in [0.717, 1.165) is 35.1 Å². The molecule has 5 heteroatoms. The molecule has 248 valence electrons. The Kier molecular flexibility index (Phi) is 24.0. The standard InChI is InChI=1S/C36H80N3O2/c1-9-11-13-15-17-19-21-23-25-27-29-37(3,4)31-35(40)33-39(7,8)34-36(41)32-38(5,6)30-28-26-24-22-20-18-16-14-12-10-2/h35-36,40-41H,9-34H2,1-8H3/q+3. The van der Waals surface area contributed by atoms with Gasteiger partial charge in [-0.3, -0.25) is 0 Å². The Bertz CT molecular complexity index is 531. The van der Waals surface area contributed by atoms with Gasteiger partial charge >= 0.3 is 0 Å². The van der Waals surface area contributed by atoms with E-state index in [2.05, 4.69) is 56.1 Å². The van der Waals surface area contributed by atoms with E-state index < -0.39 is 0 Å². The molecule has 0 bridgehead atoms. The lowest BCUT2D eigenvalue weighted by Gasteiger charge is -2.38. The quantitative estimate of drug-likeness (QED) is 0.0666. The van der Waals surface area contributed by atoms with Crippen LogP contribution < -0.4 is 0 Å². The summed E-state index contributed by atoms with van der Waals surface area (Å²) in [6.45, 7) is 9.80. The number of quaternary nitrogens is 3. The molecule has 2 N–H and O–H groups in total. The highest BCUT2D eigenvalue weighted by Crippen LogP contribution is 2.15. The number of hydrogen-bond donors (Lipinski definition) is 2. The maximum atomic E-state index is 11.0. The summed E-state index contributed by atoms with van der Waals surface area (Å²) in [4.78, 5) is 0. The number of likely N-dealkylation sites (N-methyl/N-ethyl adjacent to an activating group) is 3. The van der Waals surface area contributed by atoms with E-state index >= 15 is 0 Å². The molecule has 0 heterocycles. The number of hydrogen-bond acceptors (Lipinski definition) is 2. The number of aliphatic hydroxyl groups is 2. The van der Waals surface area contributed by atoms with Crippen molar-refractivity contribution in [3.63, 3.8) is 0 Å². The number of rotatable bonds is 30. The van der Waals surface area contributed by atoms with Gasteiger partial charge in [0.05, 0.1) is 55.4 Å². The highest BCUT2D eigenvalue weighted by atomic mass is 16.3. The van der Waals surface area contributed by atoms with Crippen molar-refractivity contribution >= 4 is 0 Å². The van der Waals surface area contributed by atoms with E-state index in [9.17, 15) is 10.2 Å². The second-order valence-electron chi connectivity index (χ2n) is 15.7. The first-order chi connectivity index (χ1) is 19.3. The van der Waals surface area contributed by atoms with E-state index in [1.54, 1.807) is 0 Å². The fourth-order valence-electron chi connectivity index (χ4n) is 6.71. The Morgan fingerprint density at radius 1 is 0.341 bits per heavy atom. The number of aliphatic hydroxyl groups excluding tert-OH is 2. The summed E-state index contributed by atoms with van der Waals surface area (Å²) in [5.74, 6) is 0. The first-order valence-corrected chi connectivity index (χ1v) is 18.1. The van der Waals surface area contributed by atoms with Crippen molar-refractivity contribution in [3.8, 4) is 0 Å². The minimum atomic E-state index is -0.343. The van der Waals surface area contributed by atoms with Gasteiger partial charge in [-0.25, -0.2) is 0 Å². The topological polar surface area (TPSA) is 40.5 Å². The maximum absolute atomic E-state index is 11.0. The van der Waals surface area contributed by atoms with Crippen molar-refractivity contribution in [1.82, 2.24) is 0 Å². The van der Waals surface area contributed by atoms with Crippen LogP contribution in [-0.4, -0.2) is 117 Å². The van der Waals surface area contributed by atoms with Crippen molar-refractivity contribution in [3.05, 3.63) is 0 Å². The largest absolute Gasteiger partial charge is 0.382 e. The second kappa shape index (κ2) is 24.2. The van der Waals surface area contributed by atoms with Crippen LogP contribution in [0.5, 0.6) is 0 Å². The lowest BCUT2D eigenvalue weighted by molar-refractivity contribution is -0.924. The zero-order valence-corrected chi connectivity index (χ0v) is 29.8. The van der Waals surface area contributed by atoms with E-state index in [0.29, 0.717) is 17.6 Å². The average Bonchev–Trinajstić information content (AvgIpc) is 2.84. The van der Waals surface area contributed by atoms with Crippen molar-refractivity contribution in [1.29, 1.82) is 0 Å². The molecule has 2 atom stereocenters. The van der Waals surface area contributed by atoms with Crippen LogP contribution in [-0.2, 0) is 0 Å². The SMILES string of the molecule is CCCCCCCCCCCC[N+](C)(C)CC(O)C[N+](C)(C)CC(O)C[N+](C)(C)CCCCCCCCCCCC. The summed E-state index contributed by atoms with van der Waals surface area (Å²) >= 11 is 0. The van der Waals surface area contributed by atoms with Crippen LogP contribution in [0, 0.1) is 0 Å². The van der Waals surface area contributed by atoms with E-state index in [1.807, 2.05) is 0 Å². The molecule has 0 radical (unpaired) electrons. The zero-order chi connectivity index (χ0) is 31.0. The molecule has 0 aromatic carbocycles. The van der Waals surface area contributed by atoms with Gasteiger partial charge in [-0.1, -0.05) is 117 Å². The molecule has 0 saturated carbocycles. The molecule has 0 aliphatic rings. The van der Waals surface area contributed by atoms with Gasteiger partial charge in [0.25, 0.3) is 0 Å². The molecule has 0 fully saturated rings. The normalized spacial score (nSPS) is 14.5. The number of unbranched alkanes of at least 4 members (excludes halogenated alkanes) is 18. The molecule has 0 rings (SSSR count). The third-order valence-corrected chi connectivity index (χ3v) is 9.05. The Morgan fingerprint density at radius 2 is 0.561 bits per heavy atom. The van der Waals surface area contributed by atoms with Gasteiger partial charge < -0.3 is 23.7 Å². The fourth-order valence-corrected chi connectivity index (χ4v) is 6.71. The van der Waals surface area contributed by atoms with Crippen LogP contribution in [0.4, 0.5) is 0 Å². The third kappa shape index (κ3) is 27.1. The Morgan fingerprint density at radius 3 is 0.829 bits per heavy atom. The fraction of sp³-hybridized carbons (Fsp3) is 1.00. The van der Waals surface area contributed by atoms with Crippen LogP contribution in [0.2, 0.25) is 0 Å². The predicted molar refractivity (Wildman–Crippen MR) is 181 cm³/mol. The van der Waals surface area contributed by atoms with Gasteiger partial charge in [-0.05, 0) is 25.7 Å². The first-order valence-electron chi connectivity index (χ1n) is 18.1. The molecule has 2 unspecified atom stereocenters. The summed E-state index contributed by atoms with van der Waals surface area (Å²) < 4.78 is 2.42. The molecule has 0 spiro atoms. The summed E-state index contributed by atoms with van der Waals surface area (Å²) in [7, 11) is 13.4. The van der Waals surface area contributed by atoms with E-state index in [1.165, 1.54) is 128 Å². The molecular formula is C36H80N3O2+3. The van der Waals surface area contributed by atoms with E-state index in [4.69, 9.17) is 0 Å². The molecule has 0 amide bonds. The first kappa shape index (κ1) is 40.8. The monoisotopic (exact) mass is 587 g/mol. The Hall–Kier alpha value is -0.200. The molecule has 0 aromatic rings. The Balaban J connectivity index is 4.11. The third-order valence-electron chi connectivity index (χ3n) is 9.05. The summed E-state index contributed by atoms with van der Waals surface area (Å²) in [5, 5.41) is 21.9. The van der Waals surface area contributed by atoms with Crippen molar-refractivity contribution in [2.45, 2.75) is 154 Å². The summed E-state index contributed by atoms with van der Waals surface area (Å²) in [6, 6.07) is 0. The molecular weight excluding hydrogens is 506 g/mol. The van der Waals surface area contributed by atoms with Crippen molar-refractivity contribution in [2.24, 2.45) is 0 Å². The highest BCUT2D eigenvalue weighted by Gasteiger charge is 2.31. The molecule has 0 aliphatic heterocycles. The molecule has 5 nitrogen and oxygen atoms in total. The lowest BCUT2D eigenvalue weighted by Crippen LogP contribution is -2.57. The van der Waals surface area contributed by atoms with Crippen LogP contribution in [0.1, 0.15) is 142 Å². The zero-order valence-electron chi connectivity index (χ0n) is 29.8. The van der Waals surface area contributed by atoms with Crippen molar-refractivity contribution in [2.75, 3.05) is 81.6 Å².